The van der Waals surface area contributed by atoms with Gasteiger partial charge in [0.2, 0.25) is 5.91 Å². The molecule has 2 amide bonds. The molecule has 1 aromatic heterocycles. The minimum atomic E-state index is -0.487. The molecule has 4 rings (SSSR count). The summed E-state index contributed by atoms with van der Waals surface area (Å²) < 4.78 is 10.8. The second-order valence-electron chi connectivity index (χ2n) is 9.10. The van der Waals surface area contributed by atoms with Crippen molar-refractivity contribution in [1.29, 1.82) is 0 Å². The van der Waals surface area contributed by atoms with E-state index in [0.29, 0.717) is 25.1 Å². The first-order valence-electron chi connectivity index (χ1n) is 11.9. The average molecular weight is 493 g/mol. The van der Waals surface area contributed by atoms with Gasteiger partial charge in [0, 0.05) is 29.6 Å². The lowest BCUT2D eigenvalue weighted by Crippen LogP contribution is -2.48. The number of amides is 2. The van der Waals surface area contributed by atoms with Gasteiger partial charge in [-0.2, -0.15) is 0 Å². The van der Waals surface area contributed by atoms with Gasteiger partial charge in [-0.1, -0.05) is 44.2 Å². The fraction of sp³-hybridized carbons (Fsp3) is 0.357. The first-order chi connectivity index (χ1) is 16.9. The molecular weight excluding hydrogens is 460 g/mol. The van der Waals surface area contributed by atoms with Crippen molar-refractivity contribution in [2.75, 3.05) is 27.3 Å². The van der Waals surface area contributed by atoms with Crippen LogP contribution in [0.1, 0.15) is 52.2 Å². The predicted octanol–water partition coefficient (Wildman–Crippen LogP) is 5.06. The highest BCUT2D eigenvalue weighted by atomic mass is 32.1. The van der Waals surface area contributed by atoms with Crippen LogP contribution < -0.4 is 14.8 Å². The molecular formula is C28H32N2O4S. The monoisotopic (exact) mass is 492 g/mol. The number of carbonyl (C=O) groups excluding carboxylic acids is 2. The first kappa shape index (κ1) is 24.8. The van der Waals surface area contributed by atoms with Gasteiger partial charge in [0.25, 0.3) is 5.91 Å². The van der Waals surface area contributed by atoms with Gasteiger partial charge >= 0.3 is 0 Å². The van der Waals surface area contributed by atoms with Crippen molar-refractivity contribution in [2.24, 2.45) is 5.92 Å². The molecule has 0 aliphatic carbocycles. The van der Waals surface area contributed by atoms with Crippen LogP contribution in [0.3, 0.4) is 0 Å². The van der Waals surface area contributed by atoms with Gasteiger partial charge in [0.05, 0.1) is 26.2 Å². The topological polar surface area (TPSA) is 67.9 Å². The summed E-state index contributed by atoms with van der Waals surface area (Å²) >= 11 is 1.58. The van der Waals surface area contributed by atoms with Gasteiger partial charge in [-0.25, -0.2) is 0 Å². The Bertz CT molecular complexity index is 1180. The number of fused-ring (bicyclic) bond motifs is 1. The van der Waals surface area contributed by atoms with Crippen LogP contribution in [0.25, 0.3) is 0 Å². The van der Waals surface area contributed by atoms with Crippen molar-refractivity contribution in [3.05, 3.63) is 81.5 Å². The van der Waals surface area contributed by atoms with Gasteiger partial charge in [0.15, 0.2) is 0 Å². The normalized spacial score (nSPS) is 17.3. The largest absolute Gasteiger partial charge is 0.497 e. The van der Waals surface area contributed by atoms with Crippen molar-refractivity contribution in [2.45, 2.75) is 32.2 Å². The van der Waals surface area contributed by atoms with Crippen LogP contribution in [0.15, 0.2) is 60.0 Å². The maximum atomic E-state index is 13.8. The van der Waals surface area contributed by atoms with Crippen LogP contribution in [0, 0.1) is 5.92 Å². The Morgan fingerprint density at radius 3 is 2.57 bits per heavy atom. The first-order valence-corrected chi connectivity index (χ1v) is 12.7. The van der Waals surface area contributed by atoms with Crippen molar-refractivity contribution in [3.8, 4) is 11.5 Å². The van der Waals surface area contributed by atoms with E-state index in [1.807, 2.05) is 64.9 Å². The summed E-state index contributed by atoms with van der Waals surface area (Å²) in [7, 11) is 3.25. The molecule has 0 bridgehead atoms. The third-order valence-electron chi connectivity index (χ3n) is 6.31. The minimum absolute atomic E-state index is 0.0141. The number of benzene rings is 2. The molecule has 184 valence electrons. The molecule has 0 spiro atoms. The lowest BCUT2D eigenvalue weighted by Gasteiger charge is -2.42. The molecule has 6 nitrogen and oxygen atoms in total. The maximum absolute atomic E-state index is 13.8. The third kappa shape index (κ3) is 5.20. The van der Waals surface area contributed by atoms with Crippen LogP contribution in [-0.4, -0.2) is 44.0 Å². The molecule has 2 aromatic carbocycles. The Hall–Kier alpha value is -3.32. The number of hydrogen-bond donors (Lipinski definition) is 1. The van der Waals surface area contributed by atoms with Gasteiger partial charge < -0.3 is 19.7 Å². The van der Waals surface area contributed by atoms with Gasteiger partial charge in [-0.15, -0.1) is 11.3 Å². The molecule has 0 saturated heterocycles. The Kier molecular flexibility index (Phi) is 7.76. The van der Waals surface area contributed by atoms with Crippen molar-refractivity contribution >= 4 is 23.2 Å². The summed E-state index contributed by atoms with van der Waals surface area (Å²) in [4.78, 5) is 30.2. The fourth-order valence-corrected chi connectivity index (χ4v) is 5.61. The number of methoxy groups -OCH3 is 2. The lowest BCUT2D eigenvalue weighted by molar-refractivity contribution is -0.124. The minimum Gasteiger partial charge on any atom is -0.497 e. The molecule has 3 aromatic rings. The highest BCUT2D eigenvalue weighted by Crippen LogP contribution is 2.44. The molecule has 2 atom stereocenters. The molecule has 2 heterocycles. The summed E-state index contributed by atoms with van der Waals surface area (Å²) in [6.07, 6.45) is 0.617. The Labute approximate surface area is 210 Å². The molecule has 35 heavy (non-hydrogen) atoms. The number of ether oxygens (including phenoxy) is 2. The Morgan fingerprint density at radius 2 is 1.89 bits per heavy atom. The highest BCUT2D eigenvalue weighted by Gasteiger charge is 2.44. The molecule has 2 unspecified atom stereocenters. The predicted molar refractivity (Wildman–Crippen MR) is 138 cm³/mol. The molecule has 0 radical (unpaired) electrons. The average Bonchev–Trinajstić information content (AvgIpc) is 3.40. The van der Waals surface area contributed by atoms with Crippen LogP contribution in [-0.2, 0) is 11.2 Å². The van der Waals surface area contributed by atoms with Crippen LogP contribution in [0.5, 0.6) is 11.5 Å². The third-order valence-corrected chi connectivity index (χ3v) is 7.25. The van der Waals surface area contributed by atoms with E-state index in [2.05, 4.69) is 19.2 Å². The zero-order valence-electron chi connectivity index (χ0n) is 20.6. The van der Waals surface area contributed by atoms with E-state index in [1.165, 1.54) is 0 Å². The number of hydrogen-bond acceptors (Lipinski definition) is 5. The van der Waals surface area contributed by atoms with E-state index >= 15 is 0 Å². The Balaban J connectivity index is 1.62. The van der Waals surface area contributed by atoms with E-state index < -0.39 is 5.92 Å². The van der Waals surface area contributed by atoms with E-state index in [0.717, 1.165) is 27.5 Å². The van der Waals surface area contributed by atoms with E-state index in [9.17, 15) is 9.59 Å². The number of rotatable bonds is 9. The quantitative estimate of drug-likeness (QED) is 0.453. The zero-order chi connectivity index (χ0) is 24.9. The standard InChI is InChI=1S/C28H32N2O4S/c1-18(2)17-30-26(24-10-7-15-35-24)25(21-8-5-6-9-22(21)28(30)32)27(31)29-14-13-19-11-12-20(33-3)16-23(19)34-4/h5-12,15-16,18,25-26H,13-14,17H2,1-4H3,(H,29,31). The smallest absolute Gasteiger partial charge is 0.254 e. The zero-order valence-corrected chi connectivity index (χ0v) is 21.4. The van der Waals surface area contributed by atoms with Gasteiger partial charge in [-0.3, -0.25) is 9.59 Å². The summed E-state index contributed by atoms with van der Waals surface area (Å²) in [5.74, 6) is 1.15. The van der Waals surface area contributed by atoms with Crippen molar-refractivity contribution in [1.82, 2.24) is 10.2 Å². The lowest BCUT2D eigenvalue weighted by atomic mass is 9.81. The van der Waals surface area contributed by atoms with Crippen LogP contribution in [0.4, 0.5) is 0 Å². The number of carbonyl (C=O) groups is 2. The number of nitrogens with one attached hydrogen (secondary N) is 1. The molecule has 1 aliphatic heterocycles. The summed E-state index contributed by atoms with van der Waals surface area (Å²) in [5.41, 5.74) is 2.39. The number of nitrogens with zero attached hydrogens (tertiary/aromatic N) is 1. The second-order valence-corrected chi connectivity index (χ2v) is 10.1. The Morgan fingerprint density at radius 1 is 1.09 bits per heavy atom. The second kappa shape index (κ2) is 11.0. The van der Waals surface area contributed by atoms with E-state index in [-0.39, 0.29) is 23.8 Å². The fourth-order valence-electron chi connectivity index (χ4n) is 4.73. The molecule has 1 N–H and O–H groups in total. The van der Waals surface area contributed by atoms with Gasteiger partial charge in [-0.05, 0) is 47.0 Å². The van der Waals surface area contributed by atoms with Gasteiger partial charge in [0.1, 0.15) is 11.5 Å². The maximum Gasteiger partial charge on any atom is 0.254 e. The van der Waals surface area contributed by atoms with E-state index in [4.69, 9.17) is 9.47 Å². The molecule has 1 aliphatic rings. The summed E-state index contributed by atoms with van der Waals surface area (Å²) in [5, 5.41) is 5.14. The van der Waals surface area contributed by atoms with Crippen LogP contribution >= 0.6 is 11.3 Å². The summed E-state index contributed by atoms with van der Waals surface area (Å²) in [6, 6.07) is 16.9. The molecule has 0 saturated carbocycles. The van der Waals surface area contributed by atoms with Crippen LogP contribution in [0.2, 0.25) is 0 Å². The summed E-state index contributed by atoms with van der Waals surface area (Å²) in [6.45, 7) is 5.23. The van der Waals surface area contributed by atoms with Crippen molar-refractivity contribution < 1.29 is 19.1 Å². The highest BCUT2D eigenvalue weighted by molar-refractivity contribution is 7.10. The molecule has 7 heteroatoms. The van der Waals surface area contributed by atoms with E-state index in [1.54, 1.807) is 25.6 Å². The SMILES string of the molecule is COc1ccc(CCNC(=O)C2c3ccccc3C(=O)N(CC(C)C)C2c2cccs2)c(OC)c1. The molecule has 0 fully saturated rings. The van der Waals surface area contributed by atoms with Crippen molar-refractivity contribution in [3.63, 3.8) is 0 Å². The number of thiophene rings is 1.